The molecule has 0 aliphatic heterocycles. The first-order chi connectivity index (χ1) is 8.96. The van der Waals surface area contributed by atoms with E-state index >= 15 is 0 Å². The number of para-hydroxylation sites is 1. The van der Waals surface area contributed by atoms with Crippen LogP contribution in [-0.4, -0.2) is 28.2 Å². The van der Waals surface area contributed by atoms with Gasteiger partial charge in [-0.3, -0.25) is 0 Å². The first-order valence-electron chi connectivity index (χ1n) is 6.19. The number of ether oxygens (including phenoxy) is 1. The second kappa shape index (κ2) is 7.32. The topological polar surface area (TPSA) is 107 Å². The van der Waals surface area contributed by atoms with E-state index in [0.29, 0.717) is 18.8 Å². The summed E-state index contributed by atoms with van der Waals surface area (Å²) in [5, 5.41) is 8.16. The molecule has 19 heavy (non-hydrogen) atoms. The van der Waals surface area contributed by atoms with E-state index in [9.17, 15) is 8.42 Å². The first-order valence-corrected chi connectivity index (χ1v) is 7.74. The van der Waals surface area contributed by atoms with Crippen LogP contribution in [0, 0.1) is 0 Å². The van der Waals surface area contributed by atoms with Crippen LogP contribution in [0.3, 0.4) is 0 Å². The predicted octanol–water partition coefficient (Wildman–Crippen LogP) is 1.14. The number of anilines is 2. The zero-order valence-electron chi connectivity index (χ0n) is 11.1. The van der Waals surface area contributed by atoms with Crippen LogP contribution in [0.15, 0.2) is 23.1 Å². The van der Waals surface area contributed by atoms with Crippen molar-refractivity contribution < 1.29 is 13.2 Å². The van der Waals surface area contributed by atoms with Gasteiger partial charge in [0.15, 0.2) is 0 Å². The Morgan fingerprint density at radius 1 is 1.32 bits per heavy atom. The maximum absolute atomic E-state index is 11.3. The van der Waals surface area contributed by atoms with E-state index in [0.717, 1.165) is 19.4 Å². The molecule has 0 aromatic heterocycles. The van der Waals surface area contributed by atoms with Crippen LogP contribution in [0.4, 0.5) is 11.4 Å². The van der Waals surface area contributed by atoms with E-state index in [2.05, 4.69) is 12.2 Å². The fourth-order valence-electron chi connectivity index (χ4n) is 1.59. The summed E-state index contributed by atoms with van der Waals surface area (Å²) in [4.78, 5) is -0.0558. The Morgan fingerprint density at radius 2 is 2.05 bits per heavy atom. The van der Waals surface area contributed by atoms with Crippen molar-refractivity contribution in [2.24, 2.45) is 5.14 Å². The average molecular weight is 287 g/mol. The van der Waals surface area contributed by atoms with Gasteiger partial charge in [-0.1, -0.05) is 13.0 Å². The van der Waals surface area contributed by atoms with Crippen LogP contribution < -0.4 is 16.2 Å². The number of nitrogens with one attached hydrogen (secondary N) is 1. The van der Waals surface area contributed by atoms with Crippen LogP contribution in [0.5, 0.6) is 0 Å². The van der Waals surface area contributed by atoms with Gasteiger partial charge in [0.1, 0.15) is 4.90 Å². The van der Waals surface area contributed by atoms with Crippen LogP contribution in [0.25, 0.3) is 0 Å². The summed E-state index contributed by atoms with van der Waals surface area (Å²) >= 11 is 0. The van der Waals surface area contributed by atoms with E-state index < -0.39 is 10.0 Å². The standard InChI is InChI=1S/C12H21N3O3S/c1-2-8-18-9-4-7-15-10-5-3-6-11(12(10)13)19(14,16)17/h3,5-6,15H,2,4,7-9,13H2,1H3,(H2,14,16,17). The smallest absolute Gasteiger partial charge is 0.240 e. The maximum Gasteiger partial charge on any atom is 0.240 e. The van der Waals surface area contributed by atoms with Crippen molar-refractivity contribution in [3.8, 4) is 0 Å². The molecule has 0 bridgehead atoms. The van der Waals surface area contributed by atoms with Gasteiger partial charge in [0.2, 0.25) is 10.0 Å². The third-order valence-corrected chi connectivity index (χ3v) is 3.47. The normalized spacial score (nSPS) is 11.5. The molecule has 0 unspecified atom stereocenters. The maximum atomic E-state index is 11.3. The Labute approximate surface area is 114 Å². The third kappa shape index (κ3) is 5.06. The number of nitrogen functional groups attached to an aromatic ring is 1. The molecule has 0 aliphatic rings. The quantitative estimate of drug-likeness (QED) is 0.491. The lowest BCUT2D eigenvalue weighted by atomic mass is 10.2. The lowest BCUT2D eigenvalue weighted by Gasteiger charge is -2.11. The van der Waals surface area contributed by atoms with E-state index in [-0.39, 0.29) is 10.6 Å². The van der Waals surface area contributed by atoms with Gasteiger partial charge >= 0.3 is 0 Å². The van der Waals surface area contributed by atoms with Gasteiger partial charge < -0.3 is 15.8 Å². The van der Waals surface area contributed by atoms with Crippen LogP contribution in [0.1, 0.15) is 19.8 Å². The minimum Gasteiger partial charge on any atom is -0.396 e. The van der Waals surface area contributed by atoms with Crippen molar-refractivity contribution in [2.75, 3.05) is 30.8 Å². The minimum atomic E-state index is -3.79. The highest BCUT2D eigenvalue weighted by molar-refractivity contribution is 7.89. The third-order valence-electron chi connectivity index (χ3n) is 2.50. The zero-order chi connectivity index (χ0) is 14.3. The average Bonchev–Trinajstić information content (AvgIpc) is 2.34. The lowest BCUT2D eigenvalue weighted by molar-refractivity contribution is 0.134. The molecular weight excluding hydrogens is 266 g/mol. The van der Waals surface area contributed by atoms with Crippen molar-refractivity contribution in [3.63, 3.8) is 0 Å². The van der Waals surface area contributed by atoms with Crippen molar-refractivity contribution in [1.82, 2.24) is 0 Å². The van der Waals surface area contributed by atoms with Crippen molar-refractivity contribution in [1.29, 1.82) is 0 Å². The molecule has 7 heteroatoms. The fourth-order valence-corrected chi connectivity index (χ4v) is 2.27. The number of hydrogen-bond donors (Lipinski definition) is 3. The summed E-state index contributed by atoms with van der Waals surface area (Å²) in [7, 11) is -3.79. The number of nitrogens with two attached hydrogens (primary N) is 2. The molecule has 1 aromatic rings. The largest absolute Gasteiger partial charge is 0.396 e. The van der Waals surface area contributed by atoms with Gasteiger partial charge in [-0.05, 0) is 25.0 Å². The summed E-state index contributed by atoms with van der Waals surface area (Å²) in [5.74, 6) is 0. The monoisotopic (exact) mass is 287 g/mol. The van der Waals surface area contributed by atoms with Gasteiger partial charge in [-0.15, -0.1) is 0 Å². The molecular formula is C12H21N3O3S. The number of primary sulfonamides is 1. The van der Waals surface area contributed by atoms with Crippen LogP contribution in [0.2, 0.25) is 0 Å². The van der Waals surface area contributed by atoms with Crippen molar-refractivity contribution in [3.05, 3.63) is 18.2 Å². The number of rotatable bonds is 8. The molecule has 0 radical (unpaired) electrons. The summed E-state index contributed by atoms with van der Waals surface area (Å²) in [6, 6.07) is 4.71. The van der Waals surface area contributed by atoms with E-state index in [4.69, 9.17) is 15.6 Å². The Balaban J connectivity index is 2.56. The van der Waals surface area contributed by atoms with Crippen LogP contribution in [-0.2, 0) is 14.8 Å². The molecule has 0 saturated carbocycles. The van der Waals surface area contributed by atoms with Gasteiger partial charge in [0.25, 0.3) is 0 Å². The molecule has 1 rings (SSSR count). The molecule has 108 valence electrons. The molecule has 0 heterocycles. The molecule has 0 atom stereocenters. The highest BCUT2D eigenvalue weighted by Crippen LogP contribution is 2.25. The van der Waals surface area contributed by atoms with Gasteiger partial charge in [-0.2, -0.15) is 0 Å². The molecule has 6 nitrogen and oxygen atoms in total. The molecule has 0 saturated heterocycles. The SMILES string of the molecule is CCCOCCCNc1cccc(S(N)(=O)=O)c1N. The second-order valence-corrected chi connectivity index (χ2v) is 5.68. The number of sulfonamides is 1. The molecule has 0 aliphatic carbocycles. The zero-order valence-corrected chi connectivity index (χ0v) is 11.9. The summed E-state index contributed by atoms with van der Waals surface area (Å²) in [6.07, 6.45) is 1.82. The van der Waals surface area contributed by atoms with E-state index in [1.165, 1.54) is 6.07 Å². The van der Waals surface area contributed by atoms with E-state index in [1.54, 1.807) is 12.1 Å². The number of benzene rings is 1. The molecule has 0 fully saturated rings. The van der Waals surface area contributed by atoms with Gasteiger partial charge in [-0.25, -0.2) is 13.6 Å². The molecule has 0 spiro atoms. The van der Waals surface area contributed by atoms with E-state index in [1.807, 2.05) is 0 Å². The summed E-state index contributed by atoms with van der Waals surface area (Å²) in [6.45, 7) is 4.12. The second-order valence-electron chi connectivity index (χ2n) is 4.16. The van der Waals surface area contributed by atoms with Crippen molar-refractivity contribution in [2.45, 2.75) is 24.7 Å². The Kier molecular flexibility index (Phi) is 6.07. The Bertz CT molecular complexity index is 503. The first kappa shape index (κ1) is 15.7. The lowest BCUT2D eigenvalue weighted by Crippen LogP contribution is -2.16. The number of hydrogen-bond acceptors (Lipinski definition) is 5. The highest BCUT2D eigenvalue weighted by atomic mass is 32.2. The van der Waals surface area contributed by atoms with Gasteiger partial charge in [0.05, 0.1) is 11.4 Å². The predicted molar refractivity (Wildman–Crippen MR) is 76.4 cm³/mol. The molecule has 0 amide bonds. The minimum absolute atomic E-state index is 0.0558. The Morgan fingerprint density at radius 3 is 2.68 bits per heavy atom. The molecule has 1 aromatic carbocycles. The van der Waals surface area contributed by atoms with Gasteiger partial charge in [0, 0.05) is 19.8 Å². The Hall–Kier alpha value is -1.31. The summed E-state index contributed by atoms with van der Waals surface area (Å²) in [5.41, 5.74) is 6.50. The van der Waals surface area contributed by atoms with Crippen LogP contribution >= 0.6 is 0 Å². The highest BCUT2D eigenvalue weighted by Gasteiger charge is 2.14. The fraction of sp³-hybridized carbons (Fsp3) is 0.500. The summed E-state index contributed by atoms with van der Waals surface area (Å²) < 4.78 is 28.0. The molecule has 5 N–H and O–H groups in total. The van der Waals surface area contributed by atoms with Crippen molar-refractivity contribution >= 4 is 21.4 Å².